The highest BCUT2D eigenvalue weighted by Gasteiger charge is 2.19. The van der Waals surface area contributed by atoms with Crippen LogP contribution in [0.5, 0.6) is 0 Å². The van der Waals surface area contributed by atoms with Gasteiger partial charge >= 0.3 is 0 Å². The molecular weight excluding hydrogens is 234 g/mol. The lowest BCUT2D eigenvalue weighted by Gasteiger charge is -2.24. The zero-order valence-corrected chi connectivity index (χ0v) is 9.64. The molecule has 3 rings (SSSR count). The summed E-state index contributed by atoms with van der Waals surface area (Å²) in [4.78, 5) is 11.1. The largest absolute Gasteiger partial charge is 0.397 e. The summed E-state index contributed by atoms with van der Waals surface area (Å²) >= 11 is 0. The Labute approximate surface area is 103 Å². The minimum atomic E-state index is 0.0959. The minimum absolute atomic E-state index is 0.0959. The van der Waals surface area contributed by atoms with Gasteiger partial charge in [0.1, 0.15) is 0 Å². The first-order valence-corrected chi connectivity index (χ1v) is 5.78. The van der Waals surface area contributed by atoms with E-state index in [-0.39, 0.29) is 11.9 Å². The van der Waals surface area contributed by atoms with Crippen molar-refractivity contribution in [2.24, 2.45) is 0 Å². The Kier molecular flexibility index (Phi) is 2.51. The molecule has 18 heavy (non-hydrogen) atoms. The third-order valence-corrected chi connectivity index (χ3v) is 3.07. The highest BCUT2D eigenvalue weighted by atomic mass is 16.6. The molecule has 0 saturated carbocycles. The highest BCUT2D eigenvalue weighted by molar-refractivity contribution is 5.95. The Morgan fingerprint density at radius 3 is 3.00 bits per heavy atom. The number of anilines is 2. The molecule has 1 unspecified atom stereocenters. The van der Waals surface area contributed by atoms with Crippen LogP contribution in [0, 0.1) is 0 Å². The maximum absolute atomic E-state index is 11.1. The van der Waals surface area contributed by atoms with Crippen LogP contribution in [0.25, 0.3) is 11.0 Å². The van der Waals surface area contributed by atoms with Crippen LogP contribution in [-0.4, -0.2) is 28.8 Å². The second-order valence-corrected chi connectivity index (χ2v) is 4.35. The predicted octanol–water partition coefficient (Wildman–Crippen LogP) is 0.495. The van der Waals surface area contributed by atoms with E-state index in [1.807, 2.05) is 6.07 Å². The van der Waals surface area contributed by atoms with Gasteiger partial charge in [-0.3, -0.25) is 4.79 Å². The van der Waals surface area contributed by atoms with E-state index in [1.54, 1.807) is 6.07 Å². The molecule has 0 bridgehead atoms. The summed E-state index contributed by atoms with van der Waals surface area (Å²) in [7, 11) is 0. The first-order chi connectivity index (χ1) is 8.74. The first-order valence-electron chi connectivity index (χ1n) is 5.78. The number of nitrogens with one attached hydrogen (secondary N) is 2. The summed E-state index contributed by atoms with van der Waals surface area (Å²) < 4.78 is 4.70. The van der Waals surface area contributed by atoms with Gasteiger partial charge in [-0.2, -0.15) is 0 Å². The predicted molar refractivity (Wildman–Crippen MR) is 65.9 cm³/mol. The van der Waals surface area contributed by atoms with E-state index in [2.05, 4.69) is 20.9 Å². The van der Waals surface area contributed by atoms with Gasteiger partial charge in [0, 0.05) is 19.0 Å². The van der Waals surface area contributed by atoms with Crippen LogP contribution < -0.4 is 16.4 Å². The van der Waals surface area contributed by atoms with Crippen molar-refractivity contribution in [2.45, 2.75) is 18.9 Å². The fourth-order valence-electron chi connectivity index (χ4n) is 2.08. The Morgan fingerprint density at radius 2 is 2.22 bits per heavy atom. The van der Waals surface area contributed by atoms with Gasteiger partial charge < -0.3 is 16.4 Å². The Morgan fingerprint density at radius 1 is 1.39 bits per heavy atom. The van der Waals surface area contributed by atoms with Gasteiger partial charge in [0.05, 0.1) is 11.4 Å². The lowest BCUT2D eigenvalue weighted by Crippen LogP contribution is -2.41. The molecule has 7 heteroatoms. The number of amides is 1. The number of rotatable bonds is 2. The molecule has 1 amide bonds. The fraction of sp³-hybridized carbons (Fsp3) is 0.364. The van der Waals surface area contributed by atoms with Crippen molar-refractivity contribution in [3.05, 3.63) is 12.1 Å². The second-order valence-electron chi connectivity index (χ2n) is 4.35. The van der Waals surface area contributed by atoms with Crippen molar-refractivity contribution in [1.29, 1.82) is 0 Å². The number of fused-ring (bicyclic) bond motifs is 1. The Balaban J connectivity index is 1.84. The van der Waals surface area contributed by atoms with Gasteiger partial charge in [-0.25, -0.2) is 4.63 Å². The van der Waals surface area contributed by atoms with E-state index in [0.29, 0.717) is 29.7 Å². The maximum Gasteiger partial charge on any atom is 0.220 e. The summed E-state index contributed by atoms with van der Waals surface area (Å²) in [6.45, 7) is 0.607. The number of carbonyl (C=O) groups excluding carboxylic acids is 1. The molecule has 2 aromatic rings. The smallest absolute Gasteiger partial charge is 0.220 e. The molecule has 1 aromatic heterocycles. The molecule has 1 atom stereocenters. The van der Waals surface area contributed by atoms with E-state index in [0.717, 1.165) is 12.1 Å². The van der Waals surface area contributed by atoms with Crippen LogP contribution >= 0.6 is 0 Å². The Hall–Kier alpha value is -2.31. The molecule has 0 radical (unpaired) electrons. The van der Waals surface area contributed by atoms with E-state index >= 15 is 0 Å². The topological polar surface area (TPSA) is 106 Å². The van der Waals surface area contributed by atoms with Gasteiger partial charge in [0.2, 0.25) is 5.91 Å². The van der Waals surface area contributed by atoms with Crippen molar-refractivity contribution in [2.75, 3.05) is 17.6 Å². The normalized spacial score (nSPS) is 19.8. The monoisotopic (exact) mass is 247 g/mol. The quantitative estimate of drug-likeness (QED) is 0.667. The van der Waals surface area contributed by atoms with Crippen LogP contribution in [0.15, 0.2) is 16.8 Å². The second kappa shape index (κ2) is 4.17. The lowest BCUT2D eigenvalue weighted by atomic mass is 10.1. The van der Waals surface area contributed by atoms with Crippen molar-refractivity contribution in [3.63, 3.8) is 0 Å². The van der Waals surface area contributed by atoms with Gasteiger partial charge in [0.25, 0.3) is 0 Å². The Bertz CT molecular complexity index is 584. The summed E-state index contributed by atoms with van der Waals surface area (Å²) in [5.74, 6) is 0.0959. The zero-order chi connectivity index (χ0) is 12.5. The average Bonchev–Trinajstić information content (AvgIpc) is 2.86. The molecule has 0 spiro atoms. The highest BCUT2D eigenvalue weighted by Crippen LogP contribution is 2.26. The van der Waals surface area contributed by atoms with Crippen LogP contribution in [0.4, 0.5) is 11.4 Å². The van der Waals surface area contributed by atoms with Crippen molar-refractivity contribution < 1.29 is 9.42 Å². The maximum atomic E-state index is 11.1. The third kappa shape index (κ3) is 1.83. The standard InChI is InChI=1S/C11H13N5O2/c12-7-2-3-8(11-10(7)15-18-16-11)14-6-1-4-9(17)13-5-6/h2-3,6,14H,1,4-5,12H2,(H,13,17). The van der Waals surface area contributed by atoms with E-state index < -0.39 is 0 Å². The number of hydrogen-bond acceptors (Lipinski definition) is 6. The lowest BCUT2D eigenvalue weighted by molar-refractivity contribution is -0.122. The molecule has 7 nitrogen and oxygen atoms in total. The van der Waals surface area contributed by atoms with Gasteiger partial charge in [-0.1, -0.05) is 0 Å². The number of aromatic nitrogens is 2. The molecule has 1 aliphatic heterocycles. The van der Waals surface area contributed by atoms with Crippen molar-refractivity contribution >= 4 is 28.3 Å². The number of nitrogens with two attached hydrogens (primary N) is 1. The van der Waals surface area contributed by atoms with Crippen molar-refractivity contribution in [1.82, 2.24) is 15.6 Å². The number of piperidine rings is 1. The van der Waals surface area contributed by atoms with Gasteiger partial charge in [-0.15, -0.1) is 0 Å². The van der Waals surface area contributed by atoms with Gasteiger partial charge in [-0.05, 0) is 28.9 Å². The molecule has 94 valence electrons. The number of nitrogen functional groups attached to an aromatic ring is 1. The van der Waals surface area contributed by atoms with Crippen LogP contribution in [0.3, 0.4) is 0 Å². The number of hydrogen-bond donors (Lipinski definition) is 3. The molecule has 2 heterocycles. The summed E-state index contributed by atoms with van der Waals surface area (Å²) in [6.07, 6.45) is 1.33. The fourth-order valence-corrected chi connectivity index (χ4v) is 2.08. The molecule has 1 aliphatic rings. The van der Waals surface area contributed by atoms with Crippen molar-refractivity contribution in [3.8, 4) is 0 Å². The minimum Gasteiger partial charge on any atom is -0.397 e. The van der Waals surface area contributed by atoms with E-state index in [4.69, 9.17) is 10.4 Å². The molecule has 1 fully saturated rings. The number of benzene rings is 1. The molecule has 4 N–H and O–H groups in total. The van der Waals surface area contributed by atoms with Crippen LogP contribution in [0.2, 0.25) is 0 Å². The summed E-state index contributed by atoms with van der Waals surface area (Å²) in [5, 5.41) is 13.8. The SMILES string of the molecule is Nc1ccc(NC2CCC(=O)NC2)c2nonc12. The van der Waals surface area contributed by atoms with E-state index in [9.17, 15) is 4.79 Å². The average molecular weight is 247 g/mol. The molecular formula is C11H13N5O2. The van der Waals surface area contributed by atoms with Gasteiger partial charge in [0.15, 0.2) is 11.0 Å². The number of carbonyl (C=O) groups is 1. The molecule has 1 saturated heterocycles. The van der Waals surface area contributed by atoms with E-state index in [1.165, 1.54) is 0 Å². The first kappa shape index (κ1) is 10.8. The summed E-state index contributed by atoms with van der Waals surface area (Å²) in [6, 6.07) is 3.79. The zero-order valence-electron chi connectivity index (χ0n) is 9.64. The molecule has 1 aromatic carbocycles. The summed E-state index contributed by atoms with van der Waals surface area (Å²) in [5.41, 5.74) is 8.30. The number of nitrogens with zero attached hydrogens (tertiary/aromatic N) is 2. The molecule has 0 aliphatic carbocycles. The van der Waals surface area contributed by atoms with Crippen LogP contribution in [-0.2, 0) is 4.79 Å². The van der Waals surface area contributed by atoms with Crippen LogP contribution in [0.1, 0.15) is 12.8 Å². The third-order valence-electron chi connectivity index (χ3n) is 3.07.